The highest BCUT2D eigenvalue weighted by Crippen LogP contribution is 2.23. The molecule has 118 valence electrons. The zero-order valence-corrected chi connectivity index (χ0v) is 12.9. The van der Waals surface area contributed by atoms with E-state index < -0.39 is 0 Å². The van der Waals surface area contributed by atoms with Crippen LogP contribution in [-0.2, 0) is 6.54 Å². The first-order chi connectivity index (χ1) is 11.8. The number of nitrogens with one attached hydrogen (secondary N) is 1. The van der Waals surface area contributed by atoms with Gasteiger partial charge in [-0.25, -0.2) is 9.50 Å². The number of hydrogen-bond donors (Lipinski definition) is 2. The molecule has 2 heterocycles. The van der Waals surface area contributed by atoms with Gasteiger partial charge in [-0.2, -0.15) is 0 Å². The second kappa shape index (κ2) is 6.04. The van der Waals surface area contributed by atoms with Crippen LogP contribution < -0.4 is 5.32 Å². The fourth-order valence-electron chi connectivity index (χ4n) is 2.59. The van der Waals surface area contributed by atoms with Gasteiger partial charge in [0.15, 0.2) is 5.65 Å². The molecule has 0 aliphatic rings. The van der Waals surface area contributed by atoms with Crippen LogP contribution in [0.25, 0.3) is 16.9 Å². The fraction of sp³-hybridized carbons (Fsp3) is 0.0526. The number of phenols is 1. The van der Waals surface area contributed by atoms with Crippen LogP contribution in [0.1, 0.15) is 5.56 Å². The van der Waals surface area contributed by atoms with E-state index >= 15 is 0 Å². The van der Waals surface area contributed by atoms with Crippen LogP contribution in [0.4, 0.5) is 5.82 Å². The van der Waals surface area contributed by atoms with Crippen LogP contribution >= 0.6 is 0 Å². The average Bonchev–Trinajstić information content (AvgIpc) is 3.05. The lowest BCUT2D eigenvalue weighted by Gasteiger charge is -2.07. The van der Waals surface area contributed by atoms with Crippen molar-refractivity contribution >= 4 is 11.5 Å². The number of anilines is 1. The van der Waals surface area contributed by atoms with Crippen molar-refractivity contribution in [1.29, 1.82) is 0 Å². The normalized spacial score (nSPS) is 10.8. The van der Waals surface area contributed by atoms with Crippen LogP contribution in [0.2, 0.25) is 0 Å². The summed E-state index contributed by atoms with van der Waals surface area (Å²) in [7, 11) is 0. The number of phenolic OH excluding ortho intramolecular Hbond substituents is 1. The third-order valence-corrected chi connectivity index (χ3v) is 3.84. The predicted molar refractivity (Wildman–Crippen MR) is 93.9 cm³/mol. The topological polar surface area (TPSA) is 62.5 Å². The van der Waals surface area contributed by atoms with E-state index in [1.165, 1.54) is 5.56 Å². The third-order valence-electron chi connectivity index (χ3n) is 3.84. The molecule has 24 heavy (non-hydrogen) atoms. The minimum Gasteiger partial charge on any atom is -0.508 e. The standard InChI is InChI=1S/C19H16N4O/c24-16-8-6-15(7-9-16)17-13-21-19-11-10-18(22-23(17)19)20-12-14-4-2-1-3-5-14/h1-11,13,24H,12H2,(H,20,22). The van der Waals surface area contributed by atoms with Crippen molar-refractivity contribution in [3.8, 4) is 17.0 Å². The summed E-state index contributed by atoms with van der Waals surface area (Å²) in [5.74, 6) is 1.02. The van der Waals surface area contributed by atoms with Gasteiger partial charge in [0.2, 0.25) is 0 Å². The molecular formula is C19H16N4O. The molecule has 0 saturated carbocycles. The maximum Gasteiger partial charge on any atom is 0.154 e. The van der Waals surface area contributed by atoms with Crippen molar-refractivity contribution in [3.05, 3.63) is 78.5 Å². The van der Waals surface area contributed by atoms with Crippen LogP contribution in [0.3, 0.4) is 0 Å². The number of nitrogens with zero attached hydrogens (tertiary/aromatic N) is 3. The summed E-state index contributed by atoms with van der Waals surface area (Å²) in [4.78, 5) is 4.39. The Labute approximate surface area is 139 Å². The summed E-state index contributed by atoms with van der Waals surface area (Å²) < 4.78 is 1.81. The van der Waals surface area contributed by atoms with Gasteiger partial charge in [-0.3, -0.25) is 0 Å². The zero-order valence-electron chi connectivity index (χ0n) is 12.9. The quantitative estimate of drug-likeness (QED) is 0.602. The molecule has 5 nitrogen and oxygen atoms in total. The smallest absolute Gasteiger partial charge is 0.154 e. The molecule has 0 radical (unpaired) electrons. The molecule has 2 N–H and O–H groups in total. The van der Waals surface area contributed by atoms with E-state index in [0.29, 0.717) is 6.54 Å². The Morgan fingerprint density at radius 1 is 0.917 bits per heavy atom. The van der Waals surface area contributed by atoms with Crippen LogP contribution in [-0.4, -0.2) is 19.7 Å². The van der Waals surface area contributed by atoms with Crippen molar-refractivity contribution in [3.63, 3.8) is 0 Å². The third kappa shape index (κ3) is 2.79. The first kappa shape index (κ1) is 14.3. The Hall–Kier alpha value is -3.34. The molecule has 5 heteroatoms. The van der Waals surface area contributed by atoms with Gasteiger partial charge >= 0.3 is 0 Å². The minimum atomic E-state index is 0.241. The van der Waals surface area contributed by atoms with E-state index in [4.69, 9.17) is 0 Å². The molecule has 4 aromatic rings. The summed E-state index contributed by atoms with van der Waals surface area (Å²) >= 11 is 0. The maximum atomic E-state index is 9.44. The van der Waals surface area contributed by atoms with Crippen molar-refractivity contribution in [1.82, 2.24) is 14.6 Å². The lowest BCUT2D eigenvalue weighted by atomic mass is 10.2. The predicted octanol–water partition coefficient (Wildman–Crippen LogP) is 3.71. The summed E-state index contributed by atoms with van der Waals surface area (Å²) in [5.41, 5.74) is 3.81. The second-order valence-corrected chi connectivity index (χ2v) is 5.52. The SMILES string of the molecule is Oc1ccc(-c2cnc3ccc(NCc4ccccc4)nn23)cc1. The van der Waals surface area contributed by atoms with Gasteiger partial charge in [-0.05, 0) is 42.0 Å². The van der Waals surface area contributed by atoms with E-state index in [1.807, 2.05) is 42.5 Å². The van der Waals surface area contributed by atoms with Gasteiger partial charge in [-0.15, -0.1) is 5.10 Å². The summed E-state index contributed by atoms with van der Waals surface area (Å²) in [6.45, 7) is 0.711. The van der Waals surface area contributed by atoms with Gasteiger partial charge in [0, 0.05) is 12.1 Å². The molecule has 0 spiro atoms. The lowest BCUT2D eigenvalue weighted by molar-refractivity contribution is 0.475. The Bertz CT molecular complexity index is 962. The minimum absolute atomic E-state index is 0.241. The van der Waals surface area contributed by atoms with Gasteiger partial charge < -0.3 is 10.4 Å². The molecule has 0 fully saturated rings. The Kier molecular flexibility index (Phi) is 3.59. The lowest BCUT2D eigenvalue weighted by Crippen LogP contribution is -2.04. The zero-order chi connectivity index (χ0) is 16.4. The first-order valence-corrected chi connectivity index (χ1v) is 7.71. The highest BCUT2D eigenvalue weighted by molar-refractivity contribution is 5.64. The van der Waals surface area contributed by atoms with Gasteiger partial charge in [0.25, 0.3) is 0 Å². The highest BCUT2D eigenvalue weighted by atomic mass is 16.3. The maximum absolute atomic E-state index is 9.44. The van der Waals surface area contributed by atoms with Crippen LogP contribution in [0, 0.1) is 0 Å². The van der Waals surface area contributed by atoms with Crippen molar-refractivity contribution in [2.45, 2.75) is 6.54 Å². The van der Waals surface area contributed by atoms with Crippen molar-refractivity contribution < 1.29 is 5.11 Å². The Morgan fingerprint density at radius 2 is 1.71 bits per heavy atom. The average molecular weight is 316 g/mol. The van der Waals surface area contributed by atoms with Gasteiger partial charge in [0.05, 0.1) is 11.9 Å². The van der Waals surface area contributed by atoms with E-state index in [0.717, 1.165) is 22.7 Å². The number of aromatic hydroxyl groups is 1. The van der Waals surface area contributed by atoms with E-state index in [1.54, 1.807) is 22.8 Å². The largest absolute Gasteiger partial charge is 0.508 e. The molecule has 0 unspecified atom stereocenters. The number of fused-ring (bicyclic) bond motifs is 1. The molecule has 2 aromatic carbocycles. The van der Waals surface area contributed by atoms with E-state index in [-0.39, 0.29) is 5.75 Å². The number of benzene rings is 2. The molecule has 0 bridgehead atoms. The monoisotopic (exact) mass is 316 g/mol. The Balaban J connectivity index is 1.64. The van der Waals surface area contributed by atoms with Gasteiger partial charge in [-0.1, -0.05) is 30.3 Å². The second-order valence-electron chi connectivity index (χ2n) is 5.52. The number of rotatable bonds is 4. The fourth-order valence-corrected chi connectivity index (χ4v) is 2.59. The van der Waals surface area contributed by atoms with E-state index in [2.05, 4.69) is 27.5 Å². The number of hydrogen-bond acceptors (Lipinski definition) is 4. The molecule has 4 rings (SSSR count). The molecule has 0 atom stereocenters. The molecule has 0 saturated heterocycles. The van der Waals surface area contributed by atoms with Crippen LogP contribution in [0.5, 0.6) is 5.75 Å². The first-order valence-electron chi connectivity index (χ1n) is 7.71. The molecule has 0 amide bonds. The molecular weight excluding hydrogens is 300 g/mol. The van der Waals surface area contributed by atoms with E-state index in [9.17, 15) is 5.11 Å². The van der Waals surface area contributed by atoms with Crippen molar-refractivity contribution in [2.24, 2.45) is 0 Å². The summed E-state index contributed by atoms with van der Waals surface area (Å²) in [5, 5.41) is 17.4. The van der Waals surface area contributed by atoms with Gasteiger partial charge in [0.1, 0.15) is 11.6 Å². The highest BCUT2D eigenvalue weighted by Gasteiger charge is 2.08. The number of imidazole rings is 1. The Morgan fingerprint density at radius 3 is 2.50 bits per heavy atom. The summed E-state index contributed by atoms with van der Waals surface area (Å²) in [6, 6.07) is 21.1. The number of aromatic nitrogens is 3. The molecule has 0 aliphatic carbocycles. The summed E-state index contributed by atoms with van der Waals surface area (Å²) in [6.07, 6.45) is 1.79. The van der Waals surface area contributed by atoms with Crippen LogP contribution in [0.15, 0.2) is 72.9 Å². The van der Waals surface area contributed by atoms with Crippen molar-refractivity contribution in [2.75, 3.05) is 5.32 Å². The molecule has 2 aromatic heterocycles. The molecule has 0 aliphatic heterocycles.